The molecule has 1 aliphatic carbocycles. The van der Waals surface area contributed by atoms with Crippen LogP contribution in [-0.2, 0) is 6.42 Å². The van der Waals surface area contributed by atoms with Gasteiger partial charge in [-0.25, -0.2) is 8.78 Å². The first kappa shape index (κ1) is 10.6. The van der Waals surface area contributed by atoms with E-state index in [2.05, 4.69) is 0 Å². The van der Waals surface area contributed by atoms with Crippen molar-refractivity contribution in [2.45, 2.75) is 32.3 Å². The van der Waals surface area contributed by atoms with Crippen molar-refractivity contribution in [2.24, 2.45) is 5.41 Å². The van der Waals surface area contributed by atoms with Gasteiger partial charge in [-0.15, -0.1) is 0 Å². The van der Waals surface area contributed by atoms with E-state index in [1.165, 1.54) is 12.1 Å². The van der Waals surface area contributed by atoms with Crippen molar-refractivity contribution < 1.29 is 13.9 Å². The molecule has 0 heterocycles. The van der Waals surface area contributed by atoms with Gasteiger partial charge in [0.1, 0.15) is 0 Å². The highest BCUT2D eigenvalue weighted by Crippen LogP contribution is 2.48. The van der Waals surface area contributed by atoms with Crippen molar-refractivity contribution in [3.8, 4) is 0 Å². The maximum Gasteiger partial charge on any atom is 0.162 e. The van der Waals surface area contributed by atoms with Crippen LogP contribution in [-0.4, -0.2) is 11.2 Å². The second-order valence-corrected chi connectivity index (χ2v) is 4.59. The first-order valence-electron chi connectivity index (χ1n) is 5.14. The average molecular weight is 212 g/mol. The summed E-state index contributed by atoms with van der Waals surface area (Å²) in [5.41, 5.74) is 0.175. The molecule has 0 saturated heterocycles. The Kier molecular flexibility index (Phi) is 2.51. The van der Waals surface area contributed by atoms with Crippen LogP contribution < -0.4 is 0 Å². The number of hydrogen-bond acceptors (Lipinski definition) is 1. The summed E-state index contributed by atoms with van der Waals surface area (Å²) in [6.45, 7) is 1.97. The molecule has 0 radical (unpaired) electrons. The Morgan fingerprint density at radius 1 is 1.40 bits per heavy atom. The van der Waals surface area contributed by atoms with E-state index >= 15 is 0 Å². The van der Waals surface area contributed by atoms with Crippen molar-refractivity contribution in [3.05, 3.63) is 35.4 Å². The van der Waals surface area contributed by atoms with Crippen molar-refractivity contribution in [1.82, 2.24) is 0 Å². The molecule has 0 aliphatic heterocycles. The third kappa shape index (κ3) is 2.02. The van der Waals surface area contributed by atoms with E-state index in [4.69, 9.17) is 0 Å². The van der Waals surface area contributed by atoms with Gasteiger partial charge in [-0.3, -0.25) is 0 Å². The SMILES string of the molecule is CC1(C(O)Cc2cccc(F)c2F)CC1. The summed E-state index contributed by atoms with van der Waals surface area (Å²) in [4.78, 5) is 0. The van der Waals surface area contributed by atoms with Crippen LogP contribution in [0.5, 0.6) is 0 Å². The summed E-state index contributed by atoms with van der Waals surface area (Å²) in [7, 11) is 0. The molecular formula is C12H14F2O. The molecule has 15 heavy (non-hydrogen) atoms. The van der Waals surface area contributed by atoms with E-state index in [0.29, 0.717) is 0 Å². The summed E-state index contributed by atoms with van der Waals surface area (Å²) in [5, 5.41) is 9.83. The lowest BCUT2D eigenvalue weighted by Gasteiger charge is -2.17. The van der Waals surface area contributed by atoms with Crippen molar-refractivity contribution in [1.29, 1.82) is 0 Å². The molecule has 1 aromatic rings. The van der Waals surface area contributed by atoms with Gasteiger partial charge in [-0.2, -0.15) is 0 Å². The minimum atomic E-state index is -0.847. The summed E-state index contributed by atoms with van der Waals surface area (Å²) in [5.74, 6) is -1.68. The highest BCUT2D eigenvalue weighted by Gasteiger charge is 2.44. The summed E-state index contributed by atoms with van der Waals surface area (Å²) >= 11 is 0. The van der Waals surface area contributed by atoms with Crippen LogP contribution in [0.15, 0.2) is 18.2 Å². The maximum absolute atomic E-state index is 13.3. The number of hydrogen-bond donors (Lipinski definition) is 1. The zero-order valence-electron chi connectivity index (χ0n) is 8.63. The Morgan fingerprint density at radius 2 is 2.07 bits per heavy atom. The quantitative estimate of drug-likeness (QED) is 0.816. The minimum absolute atomic E-state index is 0.0846. The smallest absolute Gasteiger partial charge is 0.162 e. The van der Waals surface area contributed by atoms with Crippen LogP contribution in [0.1, 0.15) is 25.3 Å². The molecule has 1 saturated carbocycles. The number of halogens is 2. The molecule has 1 aliphatic rings. The molecule has 0 bridgehead atoms. The van der Waals surface area contributed by atoms with Gasteiger partial charge in [0.25, 0.3) is 0 Å². The number of benzene rings is 1. The fourth-order valence-electron chi connectivity index (χ4n) is 1.69. The topological polar surface area (TPSA) is 20.2 Å². The molecule has 1 unspecified atom stereocenters. The summed E-state index contributed by atoms with van der Waals surface area (Å²) in [6.07, 6.45) is 1.55. The molecule has 2 rings (SSSR count). The zero-order chi connectivity index (χ0) is 11.1. The highest BCUT2D eigenvalue weighted by atomic mass is 19.2. The Morgan fingerprint density at radius 3 is 2.67 bits per heavy atom. The summed E-state index contributed by atoms with van der Waals surface area (Å²) < 4.78 is 26.2. The van der Waals surface area contributed by atoms with Crippen LogP contribution in [0.2, 0.25) is 0 Å². The Balaban J connectivity index is 2.14. The lowest BCUT2D eigenvalue weighted by atomic mass is 9.95. The zero-order valence-corrected chi connectivity index (χ0v) is 8.63. The normalized spacial score (nSPS) is 20.0. The van der Waals surface area contributed by atoms with E-state index in [1.807, 2.05) is 6.92 Å². The maximum atomic E-state index is 13.3. The standard InChI is InChI=1S/C12H14F2O/c1-12(5-6-12)10(15)7-8-3-2-4-9(13)11(8)14/h2-4,10,15H,5-7H2,1H3. The van der Waals surface area contributed by atoms with Crippen LogP contribution in [0.4, 0.5) is 8.78 Å². The largest absolute Gasteiger partial charge is 0.392 e. The van der Waals surface area contributed by atoms with Gasteiger partial charge >= 0.3 is 0 Å². The lowest BCUT2D eigenvalue weighted by molar-refractivity contribution is 0.102. The Labute approximate surface area is 87.7 Å². The fraction of sp³-hybridized carbons (Fsp3) is 0.500. The molecule has 1 aromatic carbocycles. The first-order chi connectivity index (χ1) is 7.03. The minimum Gasteiger partial charge on any atom is -0.392 e. The van der Waals surface area contributed by atoms with Crippen LogP contribution >= 0.6 is 0 Å². The molecule has 0 spiro atoms. The predicted molar refractivity (Wildman–Crippen MR) is 53.4 cm³/mol. The van der Waals surface area contributed by atoms with Gasteiger partial charge in [0.15, 0.2) is 11.6 Å². The molecule has 0 amide bonds. The number of rotatable bonds is 3. The van der Waals surface area contributed by atoms with Gasteiger partial charge in [0.2, 0.25) is 0 Å². The molecule has 1 fully saturated rings. The average Bonchev–Trinajstić information content (AvgIpc) is 2.93. The number of aliphatic hydroxyl groups is 1. The van der Waals surface area contributed by atoms with Crippen LogP contribution in [0.25, 0.3) is 0 Å². The van der Waals surface area contributed by atoms with Crippen molar-refractivity contribution in [2.75, 3.05) is 0 Å². The second-order valence-electron chi connectivity index (χ2n) is 4.59. The monoisotopic (exact) mass is 212 g/mol. The molecule has 1 atom stereocenters. The van der Waals surface area contributed by atoms with E-state index in [0.717, 1.165) is 18.9 Å². The third-order valence-corrected chi connectivity index (χ3v) is 3.29. The van der Waals surface area contributed by atoms with E-state index in [-0.39, 0.29) is 17.4 Å². The van der Waals surface area contributed by atoms with Gasteiger partial charge in [0, 0.05) is 6.42 Å². The van der Waals surface area contributed by atoms with E-state index in [9.17, 15) is 13.9 Å². The molecule has 3 heteroatoms. The number of aliphatic hydroxyl groups excluding tert-OH is 1. The van der Waals surface area contributed by atoms with Crippen molar-refractivity contribution in [3.63, 3.8) is 0 Å². The van der Waals surface area contributed by atoms with Crippen LogP contribution in [0.3, 0.4) is 0 Å². The second kappa shape index (κ2) is 3.56. The van der Waals surface area contributed by atoms with Crippen molar-refractivity contribution >= 4 is 0 Å². The molecule has 82 valence electrons. The first-order valence-corrected chi connectivity index (χ1v) is 5.14. The predicted octanol–water partition coefficient (Wildman–Crippen LogP) is 2.67. The molecule has 1 N–H and O–H groups in total. The van der Waals surface area contributed by atoms with E-state index < -0.39 is 17.7 Å². The summed E-state index contributed by atoms with van der Waals surface area (Å²) in [6, 6.07) is 4.08. The molecule has 1 nitrogen and oxygen atoms in total. The van der Waals surface area contributed by atoms with Gasteiger partial charge in [0.05, 0.1) is 6.10 Å². The third-order valence-electron chi connectivity index (χ3n) is 3.29. The van der Waals surface area contributed by atoms with Gasteiger partial charge in [-0.1, -0.05) is 19.1 Å². The fourth-order valence-corrected chi connectivity index (χ4v) is 1.69. The van der Waals surface area contributed by atoms with Gasteiger partial charge < -0.3 is 5.11 Å². The van der Waals surface area contributed by atoms with Gasteiger partial charge in [-0.05, 0) is 29.9 Å². The highest BCUT2D eigenvalue weighted by molar-refractivity contribution is 5.20. The Bertz CT molecular complexity index is 372. The van der Waals surface area contributed by atoms with E-state index in [1.54, 1.807) is 0 Å². The van der Waals surface area contributed by atoms with Crippen LogP contribution in [0, 0.1) is 17.0 Å². The lowest BCUT2D eigenvalue weighted by Crippen LogP contribution is -2.22. The molecular weight excluding hydrogens is 198 g/mol. The molecule has 0 aromatic heterocycles. The Hall–Kier alpha value is -0.960.